The van der Waals surface area contributed by atoms with Gasteiger partial charge in [0.2, 0.25) is 5.91 Å². The number of carbonyl (C=O) groups is 1. The lowest BCUT2D eigenvalue weighted by Crippen LogP contribution is -3.00. The minimum atomic E-state index is -4.75. The highest BCUT2D eigenvalue weighted by atomic mass is 35.5. The summed E-state index contributed by atoms with van der Waals surface area (Å²) in [6.07, 6.45) is 4.06. The van der Waals surface area contributed by atoms with Crippen molar-refractivity contribution < 1.29 is 58.2 Å². The monoisotopic (exact) mass is 627 g/mol. The van der Waals surface area contributed by atoms with Crippen LogP contribution in [0.1, 0.15) is 74.0 Å². The van der Waals surface area contributed by atoms with Gasteiger partial charge in [0.05, 0.1) is 30.6 Å². The number of benzene rings is 2. The van der Waals surface area contributed by atoms with Gasteiger partial charge in [-0.25, -0.2) is 0 Å². The zero-order valence-electron chi connectivity index (χ0n) is 23.9. The SMILES string of the molecule is O=C(C1C[NH2+]C[C@]12CC[NH2+]Cc1c(OC(F)(F)F)cccc12)N1CC[C@@H](c2ccccc2)C[C@H]1C1CCCCC1.[Cl-].[Cl-]. The van der Waals surface area contributed by atoms with Crippen LogP contribution < -0.4 is 40.2 Å². The number of likely N-dealkylation sites (tertiary alicyclic amines) is 1. The molecule has 0 radical (unpaired) electrons. The predicted molar refractivity (Wildman–Crippen MR) is 146 cm³/mol. The van der Waals surface area contributed by atoms with E-state index < -0.39 is 11.8 Å². The van der Waals surface area contributed by atoms with Crippen molar-refractivity contribution in [3.05, 3.63) is 65.2 Å². The molecule has 2 saturated heterocycles. The Labute approximate surface area is 259 Å². The Balaban J connectivity index is 0.00000202. The maximum atomic E-state index is 14.7. The molecular weight excluding hydrogens is 586 g/mol. The number of nitrogens with zero attached hydrogens (tertiary/aromatic N) is 1. The van der Waals surface area contributed by atoms with Crippen molar-refractivity contribution >= 4 is 5.91 Å². The number of amides is 1. The van der Waals surface area contributed by atoms with E-state index in [1.165, 1.54) is 43.7 Å². The molecule has 4 aliphatic rings. The molecular formula is C32H42Cl2F3N3O2. The number of ether oxygens (including phenoxy) is 1. The predicted octanol–water partition coefficient (Wildman–Crippen LogP) is -2.15. The second-order valence-electron chi connectivity index (χ2n) is 12.4. The van der Waals surface area contributed by atoms with E-state index in [9.17, 15) is 18.0 Å². The van der Waals surface area contributed by atoms with E-state index in [1.54, 1.807) is 6.07 Å². The zero-order valence-corrected chi connectivity index (χ0v) is 25.4. The number of nitrogens with two attached hydrogens (primary N) is 2. The van der Waals surface area contributed by atoms with Gasteiger partial charge in [0.1, 0.15) is 18.2 Å². The van der Waals surface area contributed by atoms with Gasteiger partial charge in [0.15, 0.2) is 0 Å². The smallest absolute Gasteiger partial charge is 0.573 e. The number of carbonyl (C=O) groups excluding carboxylic acids is 1. The number of halogens is 5. The quantitative estimate of drug-likeness (QED) is 0.406. The van der Waals surface area contributed by atoms with Crippen LogP contribution in [0.5, 0.6) is 5.75 Å². The Morgan fingerprint density at radius 2 is 1.71 bits per heavy atom. The largest absolute Gasteiger partial charge is 1.00 e. The molecule has 4 atom stereocenters. The van der Waals surface area contributed by atoms with Crippen molar-refractivity contribution in [1.82, 2.24) is 4.90 Å². The van der Waals surface area contributed by atoms with Crippen LogP contribution in [0.15, 0.2) is 48.5 Å². The fraction of sp³-hybridized carbons (Fsp3) is 0.594. The van der Waals surface area contributed by atoms with Crippen molar-refractivity contribution in [2.24, 2.45) is 11.8 Å². The minimum Gasteiger partial charge on any atom is -1.00 e. The van der Waals surface area contributed by atoms with Crippen molar-refractivity contribution in [2.45, 2.75) is 81.6 Å². The lowest BCUT2D eigenvalue weighted by molar-refractivity contribution is -0.671. The van der Waals surface area contributed by atoms with E-state index in [0.717, 1.165) is 37.9 Å². The third-order valence-electron chi connectivity index (χ3n) is 10.3. The summed E-state index contributed by atoms with van der Waals surface area (Å²) in [5, 5.41) is 4.27. The highest BCUT2D eigenvalue weighted by Crippen LogP contribution is 2.45. The topological polar surface area (TPSA) is 62.8 Å². The number of quaternary nitrogens is 2. The lowest BCUT2D eigenvalue weighted by atomic mass is 9.67. The Morgan fingerprint density at radius 1 is 0.952 bits per heavy atom. The van der Waals surface area contributed by atoms with Gasteiger partial charge in [-0.05, 0) is 54.7 Å². The van der Waals surface area contributed by atoms with Crippen molar-refractivity contribution in [1.29, 1.82) is 0 Å². The second-order valence-corrected chi connectivity index (χ2v) is 12.4. The first-order chi connectivity index (χ1) is 19.4. The van der Waals surface area contributed by atoms with Crippen molar-refractivity contribution in [3.8, 4) is 5.75 Å². The number of rotatable bonds is 4. The number of alkyl halides is 3. The van der Waals surface area contributed by atoms with Gasteiger partial charge in [-0.15, -0.1) is 13.2 Å². The van der Waals surface area contributed by atoms with Crippen LogP contribution in [0.4, 0.5) is 13.2 Å². The van der Waals surface area contributed by atoms with Crippen LogP contribution in [-0.2, 0) is 16.8 Å². The van der Waals surface area contributed by atoms with Gasteiger partial charge in [-0.1, -0.05) is 61.7 Å². The van der Waals surface area contributed by atoms with Gasteiger partial charge >= 0.3 is 6.36 Å². The first-order valence-corrected chi connectivity index (χ1v) is 15.2. The maximum Gasteiger partial charge on any atom is 0.573 e. The lowest BCUT2D eigenvalue weighted by Gasteiger charge is -2.46. The van der Waals surface area contributed by atoms with Gasteiger partial charge in [0.25, 0.3) is 0 Å². The van der Waals surface area contributed by atoms with Crippen LogP contribution in [0.3, 0.4) is 0 Å². The number of piperidine rings is 1. The molecule has 2 aromatic carbocycles. The Hall–Kier alpha value is -2.00. The zero-order chi connectivity index (χ0) is 27.7. The molecule has 1 unspecified atom stereocenters. The molecule has 3 fully saturated rings. The Morgan fingerprint density at radius 3 is 2.45 bits per heavy atom. The number of fused-ring (bicyclic) bond motifs is 2. The average molecular weight is 629 g/mol. The number of hydrogen-bond donors (Lipinski definition) is 2. The summed E-state index contributed by atoms with van der Waals surface area (Å²) < 4.78 is 44.4. The van der Waals surface area contributed by atoms with Crippen LogP contribution >= 0.6 is 0 Å². The summed E-state index contributed by atoms with van der Waals surface area (Å²) in [5.74, 6) is 0.817. The standard InChI is InChI=1S/C32H40F3N3O2.2ClH/c33-32(34,35)40-29-13-7-12-26-25(29)19-36-16-15-31(26)21-37-20-27(31)30(39)38-17-14-24(22-8-3-1-4-9-22)18-28(38)23-10-5-2-6-11-23;;/h1,3-4,7-9,12-13,23-24,27-28,36-37H,2,5-6,10-11,14-21H2;2*1H/t24-,27?,28+,31+;;/m1../s1. The van der Waals surface area contributed by atoms with E-state index in [1.807, 2.05) is 6.07 Å². The van der Waals surface area contributed by atoms with E-state index in [0.29, 0.717) is 37.0 Å². The molecule has 1 spiro atoms. The third kappa shape index (κ3) is 6.57. The summed E-state index contributed by atoms with van der Waals surface area (Å²) >= 11 is 0. The summed E-state index contributed by atoms with van der Waals surface area (Å²) in [7, 11) is 0. The highest BCUT2D eigenvalue weighted by Gasteiger charge is 2.55. The first kappa shape index (κ1) is 32.9. The molecule has 42 heavy (non-hydrogen) atoms. The van der Waals surface area contributed by atoms with Crippen molar-refractivity contribution in [3.63, 3.8) is 0 Å². The fourth-order valence-corrected chi connectivity index (χ4v) is 8.46. The van der Waals surface area contributed by atoms with Gasteiger partial charge in [-0.2, -0.15) is 0 Å². The molecule has 5 nitrogen and oxygen atoms in total. The molecule has 2 aromatic rings. The molecule has 0 aromatic heterocycles. The van der Waals surface area contributed by atoms with Crippen LogP contribution in [0.2, 0.25) is 0 Å². The van der Waals surface area contributed by atoms with E-state index in [4.69, 9.17) is 0 Å². The molecule has 232 valence electrons. The summed E-state index contributed by atoms with van der Waals surface area (Å²) in [6, 6.07) is 16.0. The molecule has 1 amide bonds. The summed E-state index contributed by atoms with van der Waals surface area (Å²) in [4.78, 5) is 16.9. The Bertz CT molecular complexity index is 1200. The average Bonchev–Trinajstić information content (AvgIpc) is 3.30. The van der Waals surface area contributed by atoms with E-state index in [-0.39, 0.29) is 48.4 Å². The molecule has 4 N–H and O–H groups in total. The van der Waals surface area contributed by atoms with Gasteiger partial charge in [0, 0.05) is 19.0 Å². The van der Waals surface area contributed by atoms with Crippen LogP contribution in [-0.4, -0.2) is 49.4 Å². The number of hydrogen-bond acceptors (Lipinski definition) is 2. The Kier molecular flexibility index (Phi) is 10.8. The normalized spacial score (nSPS) is 28.3. The van der Waals surface area contributed by atoms with Crippen LogP contribution in [0.25, 0.3) is 0 Å². The van der Waals surface area contributed by atoms with Gasteiger partial charge < -0.3 is 45.1 Å². The molecule has 1 aliphatic carbocycles. The molecule has 0 bridgehead atoms. The molecule has 1 saturated carbocycles. The molecule has 10 heteroatoms. The van der Waals surface area contributed by atoms with E-state index in [2.05, 4.69) is 50.6 Å². The molecule has 3 heterocycles. The highest BCUT2D eigenvalue weighted by molar-refractivity contribution is 5.82. The molecule has 6 rings (SSSR count). The second kappa shape index (κ2) is 13.7. The first-order valence-electron chi connectivity index (χ1n) is 15.2. The molecule has 3 aliphatic heterocycles. The van der Waals surface area contributed by atoms with E-state index >= 15 is 0 Å². The van der Waals surface area contributed by atoms with Gasteiger partial charge in [-0.3, -0.25) is 4.79 Å². The maximum absolute atomic E-state index is 14.7. The minimum absolute atomic E-state index is 0. The third-order valence-corrected chi connectivity index (χ3v) is 10.3. The van der Waals surface area contributed by atoms with Crippen LogP contribution in [0, 0.1) is 11.8 Å². The van der Waals surface area contributed by atoms with Crippen molar-refractivity contribution in [2.75, 3.05) is 26.2 Å². The fourth-order valence-electron chi connectivity index (χ4n) is 8.46. The summed E-state index contributed by atoms with van der Waals surface area (Å²) in [5.41, 5.74) is 2.35. The summed E-state index contributed by atoms with van der Waals surface area (Å²) in [6.45, 7) is 3.35.